The number of hydrogen-bond donors (Lipinski definition) is 1. The van der Waals surface area contributed by atoms with Crippen LogP contribution in [0.4, 0.5) is 4.79 Å². The van der Waals surface area contributed by atoms with Gasteiger partial charge in [-0.25, -0.2) is 9.78 Å². The Morgan fingerprint density at radius 3 is 2.83 bits per heavy atom. The molecule has 98 valence electrons. The fourth-order valence-electron chi connectivity index (χ4n) is 2.07. The third-order valence-corrected chi connectivity index (χ3v) is 3.06. The van der Waals surface area contributed by atoms with Crippen molar-refractivity contribution in [2.24, 2.45) is 0 Å². The zero-order valence-corrected chi connectivity index (χ0v) is 11.5. The van der Waals surface area contributed by atoms with E-state index in [-0.39, 0.29) is 12.1 Å². The lowest BCUT2D eigenvalue weighted by molar-refractivity contribution is 0.0506. The number of alkyl carbamates (subject to hydrolysis) is 1. The Hall–Kier alpha value is -1.29. The van der Waals surface area contributed by atoms with Crippen molar-refractivity contribution in [1.29, 1.82) is 0 Å². The fourth-order valence-corrected chi connectivity index (χ4v) is 2.33. The van der Waals surface area contributed by atoms with Crippen LogP contribution in [0.3, 0.4) is 0 Å². The lowest BCUT2D eigenvalue weighted by Gasteiger charge is -2.21. The molecule has 0 spiro atoms. The van der Waals surface area contributed by atoms with Gasteiger partial charge in [-0.3, -0.25) is 0 Å². The second-order valence-electron chi connectivity index (χ2n) is 5.49. The highest BCUT2D eigenvalue weighted by Crippen LogP contribution is 2.27. The molecule has 0 aliphatic heterocycles. The average Bonchev–Trinajstić information content (AvgIpc) is 2.58. The molecule has 0 saturated heterocycles. The number of ether oxygens (including phenoxy) is 1. The molecule has 0 aromatic carbocycles. The molecule has 2 rings (SSSR count). The minimum atomic E-state index is -0.477. The molecule has 1 aliphatic carbocycles. The molecule has 0 radical (unpaired) electrons. The van der Waals surface area contributed by atoms with Crippen molar-refractivity contribution in [2.75, 3.05) is 0 Å². The maximum Gasteiger partial charge on any atom is 0.407 e. The van der Waals surface area contributed by atoms with Gasteiger partial charge in [0.1, 0.15) is 10.8 Å². The summed E-state index contributed by atoms with van der Waals surface area (Å²) in [6.07, 6.45) is 2.79. The van der Waals surface area contributed by atoms with Crippen molar-refractivity contribution in [3.63, 3.8) is 0 Å². The van der Waals surface area contributed by atoms with Gasteiger partial charge in [-0.15, -0.1) is 0 Å². The van der Waals surface area contributed by atoms with E-state index in [4.69, 9.17) is 16.3 Å². The van der Waals surface area contributed by atoms with Crippen LogP contribution in [0, 0.1) is 0 Å². The highest BCUT2D eigenvalue weighted by atomic mass is 35.5. The van der Waals surface area contributed by atoms with E-state index < -0.39 is 5.60 Å². The van der Waals surface area contributed by atoms with Crippen LogP contribution in [0.5, 0.6) is 0 Å². The quantitative estimate of drug-likeness (QED) is 0.797. The summed E-state index contributed by atoms with van der Waals surface area (Å²) < 4.78 is 5.23. The zero-order chi connectivity index (χ0) is 13.3. The van der Waals surface area contributed by atoms with Gasteiger partial charge in [0.2, 0.25) is 0 Å². The number of nitrogens with one attached hydrogen (secondary N) is 1. The normalized spacial score (nSPS) is 18.3. The van der Waals surface area contributed by atoms with Gasteiger partial charge in [-0.05, 0) is 50.8 Å². The second-order valence-corrected chi connectivity index (χ2v) is 5.85. The molecular formula is C13H17ClN2O2. The molecular weight excluding hydrogens is 252 g/mol. The SMILES string of the molecule is CC(C)(C)OC(=O)NC1Cc2ccnc(Cl)c2C1. The van der Waals surface area contributed by atoms with E-state index in [0.29, 0.717) is 11.6 Å². The van der Waals surface area contributed by atoms with Crippen LogP contribution in [-0.2, 0) is 17.6 Å². The summed E-state index contributed by atoms with van der Waals surface area (Å²) in [5.41, 5.74) is 1.70. The van der Waals surface area contributed by atoms with Crippen LogP contribution in [0.1, 0.15) is 31.9 Å². The Bertz CT molecular complexity index is 469. The third-order valence-electron chi connectivity index (χ3n) is 2.74. The first kappa shape index (κ1) is 13.1. The van der Waals surface area contributed by atoms with Gasteiger partial charge in [-0.1, -0.05) is 11.6 Å². The van der Waals surface area contributed by atoms with Gasteiger partial charge in [-0.2, -0.15) is 0 Å². The van der Waals surface area contributed by atoms with Crippen LogP contribution in [0.15, 0.2) is 12.3 Å². The van der Waals surface area contributed by atoms with Crippen molar-refractivity contribution in [2.45, 2.75) is 45.3 Å². The number of amides is 1. The monoisotopic (exact) mass is 268 g/mol. The number of nitrogens with zero attached hydrogens (tertiary/aromatic N) is 1. The van der Waals surface area contributed by atoms with E-state index in [1.54, 1.807) is 6.20 Å². The Balaban J connectivity index is 1.96. The first-order valence-electron chi connectivity index (χ1n) is 5.97. The predicted molar refractivity (Wildman–Crippen MR) is 69.8 cm³/mol. The second kappa shape index (κ2) is 4.76. The molecule has 5 heteroatoms. The lowest BCUT2D eigenvalue weighted by atomic mass is 10.2. The van der Waals surface area contributed by atoms with Gasteiger partial charge < -0.3 is 10.1 Å². The molecule has 1 aliphatic rings. The number of hydrogen-bond acceptors (Lipinski definition) is 3. The van der Waals surface area contributed by atoms with Crippen LogP contribution < -0.4 is 5.32 Å². The molecule has 0 fully saturated rings. The van der Waals surface area contributed by atoms with Crippen molar-refractivity contribution in [1.82, 2.24) is 10.3 Å². The number of carbonyl (C=O) groups is 1. The molecule has 0 bridgehead atoms. The van der Waals surface area contributed by atoms with E-state index in [1.807, 2.05) is 26.8 Å². The maximum atomic E-state index is 11.7. The molecule has 1 amide bonds. The number of pyridine rings is 1. The van der Waals surface area contributed by atoms with Crippen LogP contribution >= 0.6 is 11.6 Å². The van der Waals surface area contributed by atoms with E-state index in [0.717, 1.165) is 17.5 Å². The van der Waals surface area contributed by atoms with Crippen molar-refractivity contribution in [3.8, 4) is 0 Å². The van der Waals surface area contributed by atoms with E-state index in [1.165, 1.54) is 0 Å². The zero-order valence-electron chi connectivity index (χ0n) is 10.8. The highest BCUT2D eigenvalue weighted by molar-refractivity contribution is 6.30. The van der Waals surface area contributed by atoms with Crippen molar-refractivity contribution < 1.29 is 9.53 Å². The largest absolute Gasteiger partial charge is 0.444 e. The Morgan fingerprint density at radius 1 is 1.50 bits per heavy atom. The number of aromatic nitrogens is 1. The van der Waals surface area contributed by atoms with E-state index in [2.05, 4.69) is 10.3 Å². The standard InChI is InChI=1S/C13H17ClN2O2/c1-13(2,3)18-12(17)16-9-6-8-4-5-15-11(14)10(8)7-9/h4-5,9H,6-7H2,1-3H3,(H,16,17). The summed E-state index contributed by atoms with van der Waals surface area (Å²) in [6, 6.07) is 1.98. The van der Waals surface area contributed by atoms with Gasteiger partial charge in [0.25, 0.3) is 0 Å². The topological polar surface area (TPSA) is 51.2 Å². The maximum absolute atomic E-state index is 11.7. The molecule has 1 N–H and O–H groups in total. The molecule has 4 nitrogen and oxygen atoms in total. The minimum absolute atomic E-state index is 0.0385. The summed E-state index contributed by atoms with van der Waals surface area (Å²) in [4.78, 5) is 15.7. The van der Waals surface area contributed by atoms with Crippen molar-refractivity contribution in [3.05, 3.63) is 28.5 Å². The highest BCUT2D eigenvalue weighted by Gasteiger charge is 2.27. The summed E-state index contributed by atoms with van der Waals surface area (Å²) in [6.45, 7) is 5.53. The van der Waals surface area contributed by atoms with Gasteiger partial charge in [0.15, 0.2) is 0 Å². The Morgan fingerprint density at radius 2 is 2.22 bits per heavy atom. The first-order chi connectivity index (χ1) is 8.35. The lowest BCUT2D eigenvalue weighted by Crippen LogP contribution is -2.39. The molecule has 1 unspecified atom stereocenters. The summed E-state index contributed by atoms with van der Waals surface area (Å²) in [5.74, 6) is 0. The van der Waals surface area contributed by atoms with E-state index in [9.17, 15) is 4.79 Å². The van der Waals surface area contributed by atoms with Gasteiger partial charge >= 0.3 is 6.09 Å². The smallest absolute Gasteiger partial charge is 0.407 e. The predicted octanol–water partition coefficient (Wildman–Crippen LogP) is 2.73. The molecule has 18 heavy (non-hydrogen) atoms. The minimum Gasteiger partial charge on any atom is -0.444 e. The third kappa shape index (κ3) is 3.13. The number of rotatable bonds is 1. The van der Waals surface area contributed by atoms with E-state index >= 15 is 0 Å². The average molecular weight is 269 g/mol. The fraction of sp³-hybridized carbons (Fsp3) is 0.538. The van der Waals surface area contributed by atoms with Crippen LogP contribution in [0.25, 0.3) is 0 Å². The molecule has 1 aromatic heterocycles. The van der Waals surface area contributed by atoms with Crippen molar-refractivity contribution >= 4 is 17.7 Å². The Labute approximate surface area is 112 Å². The molecule has 1 heterocycles. The molecule has 0 saturated carbocycles. The number of halogens is 1. The van der Waals surface area contributed by atoms with Gasteiger partial charge in [0, 0.05) is 12.2 Å². The molecule has 1 atom stereocenters. The molecule has 1 aromatic rings. The number of carbonyl (C=O) groups excluding carboxylic acids is 1. The van der Waals surface area contributed by atoms with Crippen LogP contribution in [-0.4, -0.2) is 22.7 Å². The van der Waals surface area contributed by atoms with Crippen LogP contribution in [0.2, 0.25) is 5.15 Å². The first-order valence-corrected chi connectivity index (χ1v) is 6.35. The Kier molecular flexibility index (Phi) is 3.48. The summed E-state index contributed by atoms with van der Waals surface area (Å²) >= 11 is 6.02. The summed E-state index contributed by atoms with van der Waals surface area (Å²) in [5, 5.41) is 3.39. The van der Waals surface area contributed by atoms with Gasteiger partial charge in [0.05, 0.1) is 0 Å². The summed E-state index contributed by atoms with van der Waals surface area (Å²) in [7, 11) is 0. The number of fused-ring (bicyclic) bond motifs is 1.